The summed E-state index contributed by atoms with van der Waals surface area (Å²) in [6.07, 6.45) is 0. The molecule has 0 N–H and O–H groups in total. The Labute approximate surface area is 159 Å². The molecule has 26 heavy (non-hydrogen) atoms. The predicted octanol–water partition coefficient (Wildman–Crippen LogP) is 4.69. The van der Waals surface area contributed by atoms with Crippen molar-refractivity contribution in [2.45, 2.75) is 6.92 Å². The monoisotopic (exact) mass is 403 g/mol. The summed E-state index contributed by atoms with van der Waals surface area (Å²) in [5, 5.41) is 0. The summed E-state index contributed by atoms with van der Waals surface area (Å²) in [6, 6.07) is 29.9. The molecule has 0 fully saturated rings. The average Bonchev–Trinajstić information content (AvgIpc) is 3.06. The molecule has 2 heterocycles. The van der Waals surface area contributed by atoms with E-state index in [1.807, 2.05) is 6.92 Å². The molecule has 0 bridgehead atoms. The van der Waals surface area contributed by atoms with E-state index in [-0.39, 0.29) is 15.0 Å². The summed E-state index contributed by atoms with van der Waals surface area (Å²) < 4.78 is 8.85. The van der Waals surface area contributed by atoms with Crippen molar-refractivity contribution in [3.63, 3.8) is 0 Å². The van der Waals surface area contributed by atoms with Crippen LogP contribution in [0.15, 0.2) is 89.3 Å². The third kappa shape index (κ3) is 2.48. The van der Waals surface area contributed by atoms with Gasteiger partial charge >= 0.3 is 159 Å². The van der Waals surface area contributed by atoms with E-state index in [1.54, 1.807) is 0 Å². The van der Waals surface area contributed by atoms with Crippen molar-refractivity contribution in [1.29, 1.82) is 0 Å². The molecule has 1 aliphatic rings. The Morgan fingerprint density at radius 1 is 0.731 bits per heavy atom. The van der Waals surface area contributed by atoms with Crippen molar-refractivity contribution in [2.24, 2.45) is 0 Å². The van der Waals surface area contributed by atoms with E-state index < -0.39 is 0 Å². The average molecular weight is 402 g/mol. The van der Waals surface area contributed by atoms with Gasteiger partial charge in [0.25, 0.3) is 0 Å². The fourth-order valence-electron chi connectivity index (χ4n) is 3.43. The molecule has 0 saturated carbocycles. The van der Waals surface area contributed by atoms with Crippen molar-refractivity contribution in [3.05, 3.63) is 90.7 Å². The molecule has 0 atom stereocenters. The first-order valence-electron chi connectivity index (χ1n) is 8.63. The van der Waals surface area contributed by atoms with E-state index in [1.165, 1.54) is 25.7 Å². The van der Waals surface area contributed by atoms with Crippen molar-refractivity contribution >= 4 is 41.1 Å². The number of hydrogen-bond donors (Lipinski definition) is 0. The van der Waals surface area contributed by atoms with Crippen LogP contribution >= 0.6 is 0 Å². The Hall–Kier alpha value is -2.74. The second-order valence-corrected chi connectivity index (χ2v) is 8.59. The molecule has 126 valence electrons. The molecule has 0 radical (unpaired) electrons. The van der Waals surface area contributed by atoms with E-state index in [2.05, 4.69) is 89.8 Å². The minimum atomic E-state index is 0.266. The van der Waals surface area contributed by atoms with E-state index >= 15 is 0 Å². The van der Waals surface area contributed by atoms with E-state index in [4.69, 9.17) is 4.42 Å². The number of furan rings is 1. The summed E-state index contributed by atoms with van der Waals surface area (Å²) in [5.41, 5.74) is 4.79. The number of rotatable bonds is 2. The second kappa shape index (κ2) is 6.21. The van der Waals surface area contributed by atoms with Crippen molar-refractivity contribution < 1.29 is 4.42 Å². The van der Waals surface area contributed by atoms with Crippen LogP contribution in [0.3, 0.4) is 0 Å². The molecule has 3 heteroatoms. The van der Waals surface area contributed by atoms with Gasteiger partial charge in [-0.2, -0.15) is 0 Å². The molecular formula is C23H17NOSe. The molecule has 0 saturated heterocycles. The Kier molecular flexibility index (Phi) is 3.70. The van der Waals surface area contributed by atoms with Gasteiger partial charge in [0.1, 0.15) is 0 Å². The molecular weight excluding hydrogens is 385 g/mol. The Morgan fingerprint density at radius 2 is 1.42 bits per heavy atom. The number of nitrogens with zero attached hydrogens (tertiary/aromatic N) is 1. The molecule has 5 rings (SSSR count). The van der Waals surface area contributed by atoms with Gasteiger partial charge in [-0.05, 0) is 0 Å². The van der Waals surface area contributed by atoms with Gasteiger partial charge in [-0.15, -0.1) is 0 Å². The van der Waals surface area contributed by atoms with Crippen LogP contribution in [0.1, 0.15) is 5.76 Å². The third-order valence-corrected chi connectivity index (χ3v) is 6.82. The third-order valence-electron chi connectivity index (χ3n) is 4.56. The maximum atomic E-state index is 6.16. The first-order chi connectivity index (χ1) is 12.8. The van der Waals surface area contributed by atoms with Crippen LogP contribution in [0.25, 0.3) is 11.1 Å². The van der Waals surface area contributed by atoms with E-state index in [0.29, 0.717) is 0 Å². The number of aryl methyl sites for hydroxylation is 1. The van der Waals surface area contributed by atoms with Gasteiger partial charge in [0.2, 0.25) is 0 Å². The van der Waals surface area contributed by atoms with Crippen molar-refractivity contribution in [3.8, 4) is 11.1 Å². The minimum absolute atomic E-state index is 0.266. The summed E-state index contributed by atoms with van der Waals surface area (Å²) >= 11 is 0.266. The molecule has 0 spiro atoms. The van der Waals surface area contributed by atoms with Crippen LogP contribution in [-0.2, 0) is 0 Å². The Morgan fingerprint density at radius 3 is 2.27 bits per heavy atom. The van der Waals surface area contributed by atoms with Crippen LogP contribution < -0.4 is 13.8 Å². The van der Waals surface area contributed by atoms with Crippen molar-refractivity contribution in [2.75, 3.05) is 4.90 Å². The fourth-order valence-corrected chi connectivity index (χ4v) is 5.73. The zero-order valence-electron chi connectivity index (χ0n) is 14.3. The Bertz CT molecular complexity index is 1080. The number of fused-ring (bicyclic) bond motifs is 2. The van der Waals surface area contributed by atoms with E-state index in [9.17, 15) is 0 Å². The molecule has 1 aromatic heterocycles. The number of anilines is 3. The van der Waals surface area contributed by atoms with Gasteiger partial charge in [0.05, 0.1) is 0 Å². The molecule has 4 aromatic rings. The zero-order chi connectivity index (χ0) is 17.5. The number of benzene rings is 3. The SMILES string of the molecule is Cc1cc2c(o1)N(c1ccccc1-c1ccccc1)c1ccccc1[Se]2. The van der Waals surface area contributed by atoms with Crippen LogP contribution in [0, 0.1) is 6.92 Å². The van der Waals surface area contributed by atoms with Gasteiger partial charge in [-0.3, -0.25) is 0 Å². The second-order valence-electron chi connectivity index (χ2n) is 6.31. The summed E-state index contributed by atoms with van der Waals surface area (Å²) in [5.74, 6) is 1.93. The van der Waals surface area contributed by atoms with Crippen molar-refractivity contribution in [1.82, 2.24) is 0 Å². The standard InChI is InChI=1S/C23H17NOSe/c1-16-15-22-23(25-16)24(20-13-7-8-14-21(20)26-22)19-12-6-5-11-18(19)17-9-3-2-4-10-17/h2-15H,1H3. The van der Waals surface area contributed by atoms with Gasteiger partial charge in [0, 0.05) is 0 Å². The number of hydrogen-bond acceptors (Lipinski definition) is 2. The van der Waals surface area contributed by atoms with Gasteiger partial charge in [-0.1, -0.05) is 0 Å². The zero-order valence-corrected chi connectivity index (χ0v) is 16.1. The van der Waals surface area contributed by atoms with Crippen LogP contribution in [0.2, 0.25) is 0 Å². The fraction of sp³-hybridized carbons (Fsp3) is 0.0435. The first kappa shape index (κ1) is 15.5. The molecule has 1 aliphatic heterocycles. The van der Waals surface area contributed by atoms with Crippen LogP contribution in [0.5, 0.6) is 0 Å². The number of para-hydroxylation sites is 2. The molecule has 0 unspecified atom stereocenters. The van der Waals surface area contributed by atoms with Gasteiger partial charge in [0.15, 0.2) is 0 Å². The maximum absolute atomic E-state index is 6.16. The molecule has 3 aromatic carbocycles. The van der Waals surface area contributed by atoms with Crippen LogP contribution in [-0.4, -0.2) is 15.0 Å². The van der Waals surface area contributed by atoms with Crippen LogP contribution in [0.4, 0.5) is 17.3 Å². The predicted molar refractivity (Wildman–Crippen MR) is 109 cm³/mol. The normalized spacial score (nSPS) is 12.6. The topological polar surface area (TPSA) is 16.4 Å². The molecule has 2 nitrogen and oxygen atoms in total. The summed E-state index contributed by atoms with van der Waals surface area (Å²) in [4.78, 5) is 2.28. The quantitative estimate of drug-likeness (QED) is 0.398. The van der Waals surface area contributed by atoms with Gasteiger partial charge in [-0.25, -0.2) is 0 Å². The summed E-state index contributed by atoms with van der Waals surface area (Å²) in [6.45, 7) is 2.03. The molecule has 0 amide bonds. The van der Waals surface area contributed by atoms with E-state index in [0.717, 1.165) is 17.3 Å². The first-order valence-corrected chi connectivity index (χ1v) is 10.3. The molecule has 0 aliphatic carbocycles. The Balaban J connectivity index is 1.77. The van der Waals surface area contributed by atoms with Gasteiger partial charge < -0.3 is 0 Å². The summed E-state index contributed by atoms with van der Waals surface area (Å²) in [7, 11) is 0.